The molecule has 1 fully saturated rings. The standard InChI is InChI=1S/C16H23FN2O/c1-3-10-18-15-13(8-5-9-14(15)17)16(20)19-11(2)12-6-4-7-12/h5,8-9,11-12,18H,3-4,6-7,10H2,1-2H3,(H,19,20). The largest absolute Gasteiger partial charge is 0.382 e. The third-order valence-corrected chi connectivity index (χ3v) is 4.03. The number of rotatable bonds is 6. The van der Waals surface area contributed by atoms with Crippen LogP contribution in [-0.2, 0) is 0 Å². The van der Waals surface area contributed by atoms with Crippen LogP contribution in [0, 0.1) is 11.7 Å². The Morgan fingerprint density at radius 3 is 2.80 bits per heavy atom. The van der Waals surface area contributed by atoms with Gasteiger partial charge >= 0.3 is 0 Å². The first-order valence-electron chi connectivity index (χ1n) is 7.46. The van der Waals surface area contributed by atoms with Crippen molar-refractivity contribution in [3.63, 3.8) is 0 Å². The SMILES string of the molecule is CCCNc1c(F)cccc1C(=O)NC(C)C1CCC1. The zero-order valence-corrected chi connectivity index (χ0v) is 12.2. The molecule has 3 nitrogen and oxygen atoms in total. The lowest BCUT2D eigenvalue weighted by atomic mass is 9.80. The number of benzene rings is 1. The molecule has 1 aliphatic rings. The maximum absolute atomic E-state index is 13.9. The summed E-state index contributed by atoms with van der Waals surface area (Å²) in [6.45, 7) is 4.69. The van der Waals surface area contributed by atoms with Crippen LogP contribution < -0.4 is 10.6 Å². The van der Waals surface area contributed by atoms with Crippen LogP contribution >= 0.6 is 0 Å². The molecule has 110 valence electrons. The number of hydrogen-bond donors (Lipinski definition) is 2. The second kappa shape index (κ2) is 6.73. The summed E-state index contributed by atoms with van der Waals surface area (Å²) in [5.74, 6) is 0.00413. The molecule has 0 aliphatic heterocycles. The summed E-state index contributed by atoms with van der Waals surface area (Å²) in [6.07, 6.45) is 4.47. The van der Waals surface area contributed by atoms with E-state index in [1.165, 1.54) is 25.3 Å². The monoisotopic (exact) mass is 278 g/mol. The van der Waals surface area contributed by atoms with Crippen LogP contribution in [0.1, 0.15) is 49.9 Å². The summed E-state index contributed by atoms with van der Waals surface area (Å²) in [5.41, 5.74) is 0.706. The highest BCUT2D eigenvalue weighted by atomic mass is 19.1. The van der Waals surface area contributed by atoms with E-state index in [4.69, 9.17) is 0 Å². The summed E-state index contributed by atoms with van der Waals surface area (Å²) in [5, 5.41) is 6.00. The number of anilines is 1. The van der Waals surface area contributed by atoms with E-state index in [0.29, 0.717) is 23.7 Å². The third kappa shape index (κ3) is 3.30. The van der Waals surface area contributed by atoms with Gasteiger partial charge in [-0.25, -0.2) is 4.39 Å². The smallest absolute Gasteiger partial charge is 0.253 e. The van der Waals surface area contributed by atoms with Gasteiger partial charge in [-0.15, -0.1) is 0 Å². The summed E-state index contributed by atoms with van der Waals surface area (Å²) in [4.78, 5) is 12.3. The number of halogens is 1. The van der Waals surface area contributed by atoms with E-state index in [2.05, 4.69) is 10.6 Å². The van der Waals surface area contributed by atoms with Gasteiger partial charge in [0.05, 0.1) is 11.3 Å². The second-order valence-corrected chi connectivity index (χ2v) is 5.54. The average Bonchev–Trinajstić information content (AvgIpc) is 2.34. The van der Waals surface area contributed by atoms with Crippen LogP contribution in [0.4, 0.5) is 10.1 Å². The molecule has 20 heavy (non-hydrogen) atoms. The molecule has 0 bridgehead atoms. The number of hydrogen-bond acceptors (Lipinski definition) is 2. The fraction of sp³-hybridized carbons (Fsp3) is 0.562. The predicted molar refractivity (Wildman–Crippen MR) is 79.4 cm³/mol. The topological polar surface area (TPSA) is 41.1 Å². The van der Waals surface area contributed by atoms with Crippen molar-refractivity contribution in [2.24, 2.45) is 5.92 Å². The van der Waals surface area contributed by atoms with Gasteiger partial charge in [0.15, 0.2) is 0 Å². The van der Waals surface area contributed by atoms with Crippen molar-refractivity contribution >= 4 is 11.6 Å². The first-order valence-corrected chi connectivity index (χ1v) is 7.46. The van der Waals surface area contributed by atoms with Crippen molar-refractivity contribution in [1.82, 2.24) is 5.32 Å². The fourth-order valence-electron chi connectivity index (χ4n) is 2.49. The quantitative estimate of drug-likeness (QED) is 0.835. The van der Waals surface area contributed by atoms with Gasteiger partial charge in [0.2, 0.25) is 0 Å². The number of nitrogens with one attached hydrogen (secondary N) is 2. The molecular formula is C16H23FN2O. The molecule has 0 aromatic heterocycles. The molecule has 1 aromatic rings. The summed E-state index contributed by atoms with van der Waals surface area (Å²) >= 11 is 0. The molecule has 0 saturated heterocycles. The summed E-state index contributed by atoms with van der Waals surface area (Å²) < 4.78 is 13.9. The van der Waals surface area contributed by atoms with Crippen LogP contribution in [0.3, 0.4) is 0 Å². The Balaban J connectivity index is 2.09. The van der Waals surface area contributed by atoms with Crippen LogP contribution in [0.2, 0.25) is 0 Å². The third-order valence-electron chi connectivity index (χ3n) is 4.03. The van der Waals surface area contributed by atoms with Gasteiger partial charge < -0.3 is 10.6 Å². The highest BCUT2D eigenvalue weighted by molar-refractivity contribution is 5.99. The lowest BCUT2D eigenvalue weighted by molar-refractivity contribution is 0.0909. The highest BCUT2D eigenvalue weighted by Crippen LogP contribution is 2.29. The number of para-hydroxylation sites is 1. The minimum absolute atomic E-state index is 0.151. The molecule has 1 saturated carbocycles. The van der Waals surface area contributed by atoms with Crippen molar-refractivity contribution in [1.29, 1.82) is 0 Å². The first-order chi connectivity index (χ1) is 9.63. The molecule has 1 unspecified atom stereocenters. The Bertz CT molecular complexity index is 472. The Morgan fingerprint density at radius 2 is 2.20 bits per heavy atom. The molecule has 1 aromatic carbocycles. The molecule has 0 spiro atoms. The summed E-state index contributed by atoms with van der Waals surface area (Å²) in [6, 6.07) is 4.78. The van der Waals surface area contributed by atoms with Gasteiger partial charge in [0.25, 0.3) is 5.91 Å². The van der Waals surface area contributed by atoms with Crippen molar-refractivity contribution in [3.05, 3.63) is 29.6 Å². The Hall–Kier alpha value is -1.58. The zero-order valence-electron chi connectivity index (χ0n) is 12.2. The number of carbonyl (C=O) groups excluding carboxylic acids is 1. The second-order valence-electron chi connectivity index (χ2n) is 5.54. The molecule has 2 rings (SSSR count). The van der Waals surface area contributed by atoms with Crippen LogP contribution in [-0.4, -0.2) is 18.5 Å². The highest BCUT2D eigenvalue weighted by Gasteiger charge is 2.26. The molecule has 2 N–H and O–H groups in total. The van der Waals surface area contributed by atoms with E-state index in [1.54, 1.807) is 12.1 Å². The van der Waals surface area contributed by atoms with Crippen molar-refractivity contribution in [2.75, 3.05) is 11.9 Å². The molecule has 1 aliphatic carbocycles. The van der Waals surface area contributed by atoms with Crippen LogP contribution in [0.15, 0.2) is 18.2 Å². The van der Waals surface area contributed by atoms with Gasteiger partial charge in [-0.05, 0) is 44.2 Å². The van der Waals surface area contributed by atoms with Crippen molar-refractivity contribution in [2.45, 2.75) is 45.6 Å². The van der Waals surface area contributed by atoms with Gasteiger partial charge in [-0.3, -0.25) is 4.79 Å². The maximum atomic E-state index is 13.9. The number of amides is 1. The van der Waals surface area contributed by atoms with E-state index in [1.807, 2.05) is 13.8 Å². The van der Waals surface area contributed by atoms with E-state index in [-0.39, 0.29) is 17.8 Å². The van der Waals surface area contributed by atoms with Gasteiger partial charge in [-0.2, -0.15) is 0 Å². The molecule has 1 amide bonds. The van der Waals surface area contributed by atoms with Gasteiger partial charge in [0.1, 0.15) is 5.82 Å². The lowest BCUT2D eigenvalue weighted by Gasteiger charge is -2.32. The normalized spacial score (nSPS) is 16.4. The number of carbonyl (C=O) groups is 1. The maximum Gasteiger partial charge on any atom is 0.253 e. The van der Waals surface area contributed by atoms with E-state index in [0.717, 1.165) is 6.42 Å². The summed E-state index contributed by atoms with van der Waals surface area (Å²) in [7, 11) is 0. The van der Waals surface area contributed by atoms with E-state index >= 15 is 0 Å². The minimum atomic E-state index is -0.373. The van der Waals surface area contributed by atoms with Gasteiger partial charge in [-0.1, -0.05) is 19.4 Å². The zero-order chi connectivity index (χ0) is 14.5. The van der Waals surface area contributed by atoms with Gasteiger partial charge in [0, 0.05) is 12.6 Å². The Labute approximate surface area is 120 Å². The predicted octanol–water partition coefficient (Wildman–Crippen LogP) is 3.57. The minimum Gasteiger partial charge on any atom is -0.382 e. The Morgan fingerprint density at radius 1 is 1.45 bits per heavy atom. The average molecular weight is 278 g/mol. The lowest BCUT2D eigenvalue weighted by Crippen LogP contribution is -2.41. The van der Waals surface area contributed by atoms with E-state index < -0.39 is 0 Å². The molecule has 4 heteroatoms. The molecule has 0 radical (unpaired) electrons. The van der Waals surface area contributed by atoms with Crippen LogP contribution in [0.5, 0.6) is 0 Å². The molecule has 1 atom stereocenters. The van der Waals surface area contributed by atoms with Crippen molar-refractivity contribution in [3.8, 4) is 0 Å². The molecule has 0 heterocycles. The van der Waals surface area contributed by atoms with E-state index in [9.17, 15) is 9.18 Å². The first kappa shape index (κ1) is 14.8. The van der Waals surface area contributed by atoms with Crippen LogP contribution in [0.25, 0.3) is 0 Å². The van der Waals surface area contributed by atoms with Crippen molar-refractivity contribution < 1.29 is 9.18 Å². The Kier molecular flexibility index (Phi) is 4.99. The molecular weight excluding hydrogens is 255 g/mol. The fourth-order valence-corrected chi connectivity index (χ4v) is 2.49.